The maximum Gasteiger partial charge on any atom is 0.255 e. The number of halogens is 1. The Morgan fingerprint density at radius 3 is 2.46 bits per heavy atom. The van der Waals surface area contributed by atoms with Crippen molar-refractivity contribution in [3.63, 3.8) is 0 Å². The van der Waals surface area contributed by atoms with E-state index in [1.54, 1.807) is 43.7 Å². The van der Waals surface area contributed by atoms with Crippen molar-refractivity contribution in [3.05, 3.63) is 108 Å². The molecule has 3 aromatic carbocycles. The summed E-state index contributed by atoms with van der Waals surface area (Å²) in [6.45, 7) is 4.49. The number of carbonyl (C=O) groups excluding carboxylic acids is 2. The number of hydrogen-bond acceptors (Lipinski definition) is 5. The molecule has 0 aliphatic heterocycles. The molecule has 0 atom stereocenters. The number of hydrogen-bond donors (Lipinski definition) is 1. The molecule has 0 aliphatic carbocycles. The SMILES string of the molecule is CNC(=O)c1c(-c2ccc(F)cc2)oc2ccc(-c3cc(OCc4cccnc4)cc(C(=O)CCC(C)C)c3)cc12. The Bertz CT molecular complexity index is 1690. The number of amides is 1. The van der Waals surface area contributed by atoms with Crippen LogP contribution in [0.3, 0.4) is 0 Å². The van der Waals surface area contributed by atoms with E-state index in [1.807, 2.05) is 36.4 Å². The van der Waals surface area contributed by atoms with Gasteiger partial charge in [-0.1, -0.05) is 26.0 Å². The van der Waals surface area contributed by atoms with E-state index in [1.165, 1.54) is 12.1 Å². The molecule has 5 aromatic rings. The third-order valence-electron chi connectivity index (χ3n) is 6.89. The van der Waals surface area contributed by atoms with Gasteiger partial charge in [-0.15, -0.1) is 0 Å². The first-order valence-corrected chi connectivity index (χ1v) is 13.6. The fourth-order valence-corrected chi connectivity index (χ4v) is 4.66. The average molecular weight is 551 g/mol. The molecule has 0 saturated heterocycles. The summed E-state index contributed by atoms with van der Waals surface area (Å²) in [5.74, 6) is 0.669. The van der Waals surface area contributed by atoms with Crippen LogP contribution in [0.1, 0.15) is 53.0 Å². The fourth-order valence-electron chi connectivity index (χ4n) is 4.66. The Morgan fingerprint density at radius 1 is 0.976 bits per heavy atom. The van der Waals surface area contributed by atoms with Gasteiger partial charge in [-0.25, -0.2) is 4.39 Å². The number of fused-ring (bicyclic) bond motifs is 1. The minimum absolute atomic E-state index is 0.0424. The monoisotopic (exact) mass is 550 g/mol. The first kappa shape index (κ1) is 27.8. The van der Waals surface area contributed by atoms with Gasteiger partial charge in [0.25, 0.3) is 5.91 Å². The van der Waals surface area contributed by atoms with Gasteiger partial charge in [-0.05, 0) is 84.1 Å². The third kappa shape index (κ3) is 6.35. The summed E-state index contributed by atoms with van der Waals surface area (Å²) in [6.07, 6.45) is 4.67. The summed E-state index contributed by atoms with van der Waals surface area (Å²) in [5, 5.41) is 3.29. The Hall–Kier alpha value is -4.78. The van der Waals surface area contributed by atoms with E-state index >= 15 is 0 Å². The quantitative estimate of drug-likeness (QED) is 0.179. The van der Waals surface area contributed by atoms with Crippen molar-refractivity contribution in [2.24, 2.45) is 5.92 Å². The zero-order valence-electron chi connectivity index (χ0n) is 23.2. The van der Waals surface area contributed by atoms with Crippen LogP contribution in [0.4, 0.5) is 4.39 Å². The number of rotatable bonds is 10. The third-order valence-corrected chi connectivity index (χ3v) is 6.89. The number of ether oxygens (including phenoxy) is 1. The van der Waals surface area contributed by atoms with E-state index in [9.17, 15) is 14.0 Å². The van der Waals surface area contributed by atoms with Crippen LogP contribution in [0, 0.1) is 11.7 Å². The molecule has 0 aliphatic rings. The molecule has 0 unspecified atom stereocenters. The first-order chi connectivity index (χ1) is 19.8. The molecule has 2 heterocycles. The number of Topliss-reactive ketones (excluding diaryl/α,β-unsaturated/α-hetero) is 1. The highest BCUT2D eigenvalue weighted by atomic mass is 19.1. The minimum Gasteiger partial charge on any atom is -0.489 e. The molecule has 0 bridgehead atoms. The summed E-state index contributed by atoms with van der Waals surface area (Å²) in [5.41, 5.74) is 4.50. The van der Waals surface area contributed by atoms with Gasteiger partial charge in [0.2, 0.25) is 0 Å². The van der Waals surface area contributed by atoms with Crippen LogP contribution < -0.4 is 10.1 Å². The van der Waals surface area contributed by atoms with Gasteiger partial charge < -0.3 is 14.5 Å². The van der Waals surface area contributed by atoms with E-state index in [2.05, 4.69) is 24.1 Å². The van der Waals surface area contributed by atoms with Crippen molar-refractivity contribution in [3.8, 4) is 28.2 Å². The van der Waals surface area contributed by atoms with E-state index in [0.29, 0.717) is 58.1 Å². The second-order valence-corrected chi connectivity index (χ2v) is 10.4. The summed E-state index contributed by atoms with van der Waals surface area (Å²) < 4.78 is 25.8. The van der Waals surface area contributed by atoms with Crippen LogP contribution in [0.5, 0.6) is 5.75 Å². The van der Waals surface area contributed by atoms with Crippen molar-refractivity contribution >= 4 is 22.7 Å². The Labute approximate surface area is 238 Å². The fraction of sp³-hybridized carbons (Fsp3) is 0.206. The highest BCUT2D eigenvalue weighted by Crippen LogP contribution is 2.37. The molecule has 41 heavy (non-hydrogen) atoms. The second-order valence-electron chi connectivity index (χ2n) is 10.4. The van der Waals surface area contributed by atoms with Crippen LogP contribution in [0.25, 0.3) is 33.4 Å². The number of nitrogens with zero attached hydrogens (tertiary/aromatic N) is 1. The first-order valence-electron chi connectivity index (χ1n) is 13.6. The van der Waals surface area contributed by atoms with E-state index < -0.39 is 0 Å². The van der Waals surface area contributed by atoms with Gasteiger partial charge in [0.05, 0.1) is 5.56 Å². The van der Waals surface area contributed by atoms with Crippen LogP contribution >= 0.6 is 0 Å². The number of pyridine rings is 1. The molecule has 0 radical (unpaired) electrons. The van der Waals surface area contributed by atoms with Gasteiger partial charge in [-0.2, -0.15) is 0 Å². The second kappa shape index (κ2) is 12.2. The predicted octanol–water partition coefficient (Wildman–Crippen LogP) is 7.86. The highest BCUT2D eigenvalue weighted by molar-refractivity contribution is 6.12. The molecule has 0 spiro atoms. The van der Waals surface area contributed by atoms with Crippen molar-refractivity contribution in [2.75, 3.05) is 7.05 Å². The summed E-state index contributed by atoms with van der Waals surface area (Å²) in [4.78, 5) is 30.3. The van der Waals surface area contributed by atoms with Crippen molar-refractivity contribution < 1.29 is 23.1 Å². The zero-order chi connectivity index (χ0) is 28.9. The molecule has 0 saturated carbocycles. The van der Waals surface area contributed by atoms with Crippen LogP contribution in [0.2, 0.25) is 0 Å². The summed E-state index contributed by atoms with van der Waals surface area (Å²) >= 11 is 0. The Morgan fingerprint density at radius 2 is 1.76 bits per heavy atom. The number of nitrogens with one attached hydrogen (secondary N) is 1. The Kier molecular flexibility index (Phi) is 8.24. The molecular weight excluding hydrogens is 519 g/mol. The topological polar surface area (TPSA) is 81.4 Å². The number of aromatic nitrogens is 1. The predicted molar refractivity (Wildman–Crippen MR) is 157 cm³/mol. The van der Waals surface area contributed by atoms with Crippen LogP contribution in [-0.4, -0.2) is 23.7 Å². The molecule has 208 valence electrons. The lowest BCUT2D eigenvalue weighted by Gasteiger charge is -2.12. The van der Waals surface area contributed by atoms with Gasteiger partial charge >= 0.3 is 0 Å². The maximum absolute atomic E-state index is 13.6. The molecule has 5 rings (SSSR count). The van der Waals surface area contributed by atoms with Crippen molar-refractivity contribution in [1.82, 2.24) is 10.3 Å². The van der Waals surface area contributed by atoms with E-state index in [0.717, 1.165) is 23.1 Å². The van der Waals surface area contributed by atoms with Crippen molar-refractivity contribution in [2.45, 2.75) is 33.3 Å². The Balaban J connectivity index is 1.58. The lowest BCUT2D eigenvalue weighted by atomic mass is 9.96. The molecule has 2 aromatic heterocycles. The van der Waals surface area contributed by atoms with Gasteiger partial charge in [0.15, 0.2) is 5.78 Å². The molecular formula is C34H31FN2O4. The van der Waals surface area contributed by atoms with E-state index in [4.69, 9.17) is 9.15 Å². The molecule has 7 heteroatoms. The molecule has 1 amide bonds. The normalized spacial score (nSPS) is 11.1. The number of ketones is 1. The molecule has 1 N–H and O–H groups in total. The number of benzene rings is 3. The number of carbonyl (C=O) groups is 2. The smallest absolute Gasteiger partial charge is 0.255 e. The van der Waals surface area contributed by atoms with Gasteiger partial charge in [0, 0.05) is 47.9 Å². The standard InChI is InChI=1S/C34H31FN2O4/c1-21(2)6-12-30(38)26-15-25(16-28(17-26)40-20-22-5-4-14-37-19-22)24-9-13-31-29(18-24)32(34(39)36-3)33(41-31)23-7-10-27(35)11-8-23/h4-5,7-11,13-19,21H,6,12,20H2,1-3H3,(H,36,39). The highest BCUT2D eigenvalue weighted by Gasteiger charge is 2.22. The average Bonchev–Trinajstić information content (AvgIpc) is 3.38. The number of furan rings is 1. The lowest BCUT2D eigenvalue weighted by molar-refractivity contribution is 0.0960. The summed E-state index contributed by atoms with van der Waals surface area (Å²) in [6, 6.07) is 20.7. The minimum atomic E-state index is -0.377. The summed E-state index contributed by atoms with van der Waals surface area (Å²) in [7, 11) is 1.55. The largest absolute Gasteiger partial charge is 0.489 e. The molecule has 6 nitrogen and oxygen atoms in total. The zero-order valence-corrected chi connectivity index (χ0v) is 23.2. The lowest BCUT2D eigenvalue weighted by Crippen LogP contribution is -2.18. The van der Waals surface area contributed by atoms with Crippen LogP contribution in [0.15, 0.2) is 89.6 Å². The maximum atomic E-state index is 13.6. The van der Waals surface area contributed by atoms with Gasteiger partial charge in [0.1, 0.15) is 29.5 Å². The van der Waals surface area contributed by atoms with Crippen LogP contribution in [-0.2, 0) is 6.61 Å². The van der Waals surface area contributed by atoms with Gasteiger partial charge in [-0.3, -0.25) is 14.6 Å². The van der Waals surface area contributed by atoms with E-state index in [-0.39, 0.29) is 17.5 Å². The molecule has 0 fully saturated rings. The van der Waals surface area contributed by atoms with Crippen molar-refractivity contribution in [1.29, 1.82) is 0 Å².